The molecule has 1 unspecified atom stereocenters. The third-order valence-electron chi connectivity index (χ3n) is 3.33. The number of halogens is 1. The summed E-state index contributed by atoms with van der Waals surface area (Å²) in [5.74, 6) is 1.42. The van der Waals surface area contributed by atoms with Crippen LogP contribution in [0.25, 0.3) is 0 Å². The quantitative estimate of drug-likeness (QED) is 0.934. The molecular formula is C16H18ClNO2. The van der Waals surface area contributed by atoms with E-state index in [1.165, 1.54) is 0 Å². The van der Waals surface area contributed by atoms with E-state index in [0.717, 1.165) is 22.4 Å². The molecule has 0 spiro atoms. The number of methoxy groups -OCH3 is 2. The molecular weight excluding hydrogens is 274 g/mol. The molecule has 0 saturated heterocycles. The van der Waals surface area contributed by atoms with E-state index in [2.05, 4.69) is 0 Å². The van der Waals surface area contributed by atoms with Crippen molar-refractivity contribution in [3.63, 3.8) is 0 Å². The first-order valence-corrected chi connectivity index (χ1v) is 6.68. The molecule has 1 atom stereocenters. The summed E-state index contributed by atoms with van der Waals surface area (Å²) in [5.41, 5.74) is 9.12. The van der Waals surface area contributed by atoms with Crippen LogP contribution in [0.3, 0.4) is 0 Å². The summed E-state index contributed by atoms with van der Waals surface area (Å²) in [4.78, 5) is 0. The van der Waals surface area contributed by atoms with E-state index >= 15 is 0 Å². The zero-order chi connectivity index (χ0) is 14.7. The lowest BCUT2D eigenvalue weighted by atomic mass is 9.97. The third kappa shape index (κ3) is 2.74. The molecule has 2 N–H and O–H groups in total. The highest BCUT2D eigenvalue weighted by atomic mass is 35.5. The van der Waals surface area contributed by atoms with Gasteiger partial charge < -0.3 is 15.2 Å². The number of benzene rings is 2. The molecule has 0 aliphatic heterocycles. The number of nitrogens with two attached hydrogens (primary N) is 1. The molecule has 2 aromatic carbocycles. The Morgan fingerprint density at radius 2 is 1.80 bits per heavy atom. The van der Waals surface area contributed by atoms with Crippen molar-refractivity contribution in [2.45, 2.75) is 13.0 Å². The zero-order valence-electron chi connectivity index (χ0n) is 11.8. The lowest BCUT2D eigenvalue weighted by Crippen LogP contribution is -2.14. The van der Waals surface area contributed by atoms with Crippen molar-refractivity contribution in [2.75, 3.05) is 14.2 Å². The molecule has 0 aliphatic carbocycles. The van der Waals surface area contributed by atoms with Gasteiger partial charge in [0.05, 0.1) is 20.3 Å². The van der Waals surface area contributed by atoms with E-state index in [4.69, 9.17) is 26.8 Å². The van der Waals surface area contributed by atoms with Crippen molar-refractivity contribution < 1.29 is 9.47 Å². The zero-order valence-corrected chi connectivity index (χ0v) is 12.6. The Bertz CT molecular complexity index is 613. The van der Waals surface area contributed by atoms with Crippen molar-refractivity contribution in [3.05, 3.63) is 58.1 Å². The summed E-state index contributed by atoms with van der Waals surface area (Å²) >= 11 is 6.35. The van der Waals surface area contributed by atoms with Crippen molar-refractivity contribution in [1.29, 1.82) is 0 Å². The molecule has 0 aromatic heterocycles. The molecule has 4 heteroatoms. The minimum absolute atomic E-state index is 0.344. The van der Waals surface area contributed by atoms with Crippen LogP contribution in [-0.2, 0) is 0 Å². The van der Waals surface area contributed by atoms with Crippen molar-refractivity contribution in [3.8, 4) is 11.5 Å². The van der Waals surface area contributed by atoms with Gasteiger partial charge in [-0.1, -0.05) is 29.8 Å². The van der Waals surface area contributed by atoms with Gasteiger partial charge in [0.15, 0.2) is 0 Å². The monoisotopic (exact) mass is 291 g/mol. The summed E-state index contributed by atoms with van der Waals surface area (Å²) in [7, 11) is 3.23. The second kappa shape index (κ2) is 6.16. The standard InChI is InChI=1S/C16H18ClNO2/c1-10-5-4-6-13(15(10)17)16(18)12-8-7-11(19-2)9-14(12)20-3/h4-9,16H,18H2,1-3H3. The summed E-state index contributed by atoms with van der Waals surface area (Å²) < 4.78 is 10.6. The molecule has 0 radical (unpaired) electrons. The van der Waals surface area contributed by atoms with Gasteiger partial charge in [-0.05, 0) is 30.2 Å². The average molecular weight is 292 g/mol. The Labute approximate surface area is 124 Å². The van der Waals surface area contributed by atoms with E-state index in [1.807, 2.05) is 43.3 Å². The van der Waals surface area contributed by atoms with Crippen LogP contribution in [-0.4, -0.2) is 14.2 Å². The second-order valence-corrected chi connectivity index (χ2v) is 4.94. The van der Waals surface area contributed by atoms with Crippen LogP contribution in [0.4, 0.5) is 0 Å². The van der Waals surface area contributed by atoms with Crippen LogP contribution in [0.2, 0.25) is 5.02 Å². The van der Waals surface area contributed by atoms with Gasteiger partial charge in [-0.15, -0.1) is 0 Å². The number of ether oxygens (including phenoxy) is 2. The maximum absolute atomic E-state index is 6.35. The fraction of sp³-hybridized carbons (Fsp3) is 0.250. The average Bonchev–Trinajstić information content (AvgIpc) is 2.48. The Balaban J connectivity index is 2.47. The first-order chi connectivity index (χ1) is 9.58. The van der Waals surface area contributed by atoms with Gasteiger partial charge in [-0.2, -0.15) is 0 Å². The predicted molar refractivity (Wildman–Crippen MR) is 81.8 cm³/mol. The Hall–Kier alpha value is -1.71. The highest BCUT2D eigenvalue weighted by Gasteiger charge is 2.18. The van der Waals surface area contributed by atoms with E-state index in [9.17, 15) is 0 Å². The third-order valence-corrected chi connectivity index (χ3v) is 3.85. The first kappa shape index (κ1) is 14.7. The van der Waals surface area contributed by atoms with E-state index in [-0.39, 0.29) is 6.04 Å². The van der Waals surface area contributed by atoms with Crippen molar-refractivity contribution in [2.24, 2.45) is 5.73 Å². The van der Waals surface area contributed by atoms with E-state index in [1.54, 1.807) is 14.2 Å². The highest BCUT2D eigenvalue weighted by Crippen LogP contribution is 2.35. The number of hydrogen-bond donors (Lipinski definition) is 1. The van der Waals surface area contributed by atoms with Crippen LogP contribution in [0.5, 0.6) is 11.5 Å². The second-order valence-electron chi connectivity index (χ2n) is 4.56. The number of aryl methyl sites for hydroxylation is 1. The van der Waals surface area contributed by atoms with Crippen molar-refractivity contribution in [1.82, 2.24) is 0 Å². The van der Waals surface area contributed by atoms with Crippen LogP contribution < -0.4 is 15.2 Å². The first-order valence-electron chi connectivity index (χ1n) is 6.31. The molecule has 20 heavy (non-hydrogen) atoms. The van der Waals surface area contributed by atoms with Gasteiger partial charge in [0.25, 0.3) is 0 Å². The van der Waals surface area contributed by atoms with Crippen LogP contribution in [0, 0.1) is 6.92 Å². The lowest BCUT2D eigenvalue weighted by molar-refractivity contribution is 0.390. The number of rotatable bonds is 4. The topological polar surface area (TPSA) is 44.5 Å². The summed E-state index contributed by atoms with van der Waals surface area (Å²) in [6, 6.07) is 11.1. The molecule has 2 aromatic rings. The summed E-state index contributed by atoms with van der Waals surface area (Å²) in [6.45, 7) is 1.96. The summed E-state index contributed by atoms with van der Waals surface area (Å²) in [5, 5.41) is 0.692. The minimum Gasteiger partial charge on any atom is -0.497 e. The van der Waals surface area contributed by atoms with Gasteiger partial charge in [0, 0.05) is 16.7 Å². The summed E-state index contributed by atoms with van der Waals surface area (Å²) in [6.07, 6.45) is 0. The van der Waals surface area contributed by atoms with Crippen LogP contribution in [0.1, 0.15) is 22.7 Å². The Kier molecular flexibility index (Phi) is 4.53. The SMILES string of the molecule is COc1ccc(C(N)c2cccc(C)c2Cl)c(OC)c1. The maximum atomic E-state index is 6.35. The molecule has 2 rings (SSSR count). The molecule has 0 aliphatic rings. The molecule has 0 bridgehead atoms. The van der Waals surface area contributed by atoms with Gasteiger partial charge >= 0.3 is 0 Å². The molecule has 106 valence electrons. The minimum atomic E-state index is -0.344. The normalized spacial score (nSPS) is 12.1. The Morgan fingerprint density at radius 1 is 1.05 bits per heavy atom. The van der Waals surface area contributed by atoms with E-state index < -0.39 is 0 Å². The van der Waals surface area contributed by atoms with Gasteiger partial charge in [-0.3, -0.25) is 0 Å². The molecule has 0 amide bonds. The van der Waals surface area contributed by atoms with Gasteiger partial charge in [0.2, 0.25) is 0 Å². The van der Waals surface area contributed by atoms with Crippen molar-refractivity contribution >= 4 is 11.6 Å². The van der Waals surface area contributed by atoms with Crippen LogP contribution >= 0.6 is 11.6 Å². The predicted octanol–water partition coefficient (Wildman–Crippen LogP) is 3.71. The fourth-order valence-corrected chi connectivity index (χ4v) is 2.40. The molecule has 3 nitrogen and oxygen atoms in total. The van der Waals surface area contributed by atoms with Crippen LogP contribution in [0.15, 0.2) is 36.4 Å². The highest BCUT2D eigenvalue weighted by molar-refractivity contribution is 6.32. The Morgan fingerprint density at radius 3 is 2.45 bits per heavy atom. The molecule has 0 fully saturated rings. The lowest BCUT2D eigenvalue weighted by Gasteiger charge is -2.18. The molecule has 0 heterocycles. The van der Waals surface area contributed by atoms with E-state index in [0.29, 0.717) is 10.8 Å². The molecule has 0 saturated carbocycles. The van der Waals surface area contributed by atoms with Gasteiger partial charge in [-0.25, -0.2) is 0 Å². The smallest absolute Gasteiger partial charge is 0.127 e. The largest absolute Gasteiger partial charge is 0.497 e. The van der Waals surface area contributed by atoms with Gasteiger partial charge in [0.1, 0.15) is 11.5 Å². The number of hydrogen-bond acceptors (Lipinski definition) is 3. The fourth-order valence-electron chi connectivity index (χ4n) is 2.15. The maximum Gasteiger partial charge on any atom is 0.127 e.